The Morgan fingerprint density at radius 2 is 1.81 bits per heavy atom. The zero-order valence-corrected chi connectivity index (χ0v) is 18.3. The Labute approximate surface area is 186 Å². The highest BCUT2D eigenvalue weighted by atomic mass is 16.5. The Morgan fingerprint density at radius 3 is 2.62 bits per heavy atom. The molecule has 4 rings (SSSR count). The molecule has 162 valence electrons. The normalized spacial score (nSPS) is 11.0. The minimum atomic E-state index is -0.420. The third kappa shape index (κ3) is 4.72. The molecule has 0 saturated heterocycles. The van der Waals surface area contributed by atoms with Crippen molar-refractivity contribution < 1.29 is 13.9 Å². The van der Waals surface area contributed by atoms with Crippen LogP contribution in [0.3, 0.4) is 0 Å². The topological polar surface area (TPSA) is 68.5 Å². The summed E-state index contributed by atoms with van der Waals surface area (Å²) in [5.41, 5.74) is 3.95. The summed E-state index contributed by atoms with van der Waals surface area (Å²) in [7, 11) is 0. The largest absolute Gasteiger partial charge is 0.483 e. The average Bonchev–Trinajstić information content (AvgIpc) is 2.77. The first-order chi connectivity index (χ1) is 15.4. The minimum absolute atomic E-state index is 0.106. The summed E-state index contributed by atoms with van der Waals surface area (Å²) < 4.78 is 11.3. The number of para-hydroxylation sites is 1. The molecule has 0 aliphatic carbocycles. The van der Waals surface area contributed by atoms with Crippen molar-refractivity contribution in [1.82, 2.24) is 0 Å². The molecule has 0 bridgehead atoms. The molecule has 0 aliphatic rings. The van der Waals surface area contributed by atoms with Crippen LogP contribution in [0.2, 0.25) is 0 Å². The molecule has 3 aromatic carbocycles. The molecule has 0 saturated carbocycles. The number of carbonyl (C=O) groups is 1. The van der Waals surface area contributed by atoms with Crippen molar-refractivity contribution in [2.45, 2.75) is 26.7 Å². The zero-order chi connectivity index (χ0) is 22.7. The van der Waals surface area contributed by atoms with Gasteiger partial charge in [0.15, 0.2) is 6.61 Å². The van der Waals surface area contributed by atoms with E-state index in [2.05, 4.69) is 19.2 Å². The molecule has 0 spiro atoms. The molecular weight excluding hydrogens is 402 g/mol. The summed E-state index contributed by atoms with van der Waals surface area (Å²) in [6.45, 7) is 6.07. The lowest BCUT2D eigenvalue weighted by atomic mass is 10.0. The molecule has 1 aromatic heterocycles. The number of anilines is 1. The number of fused-ring (bicyclic) bond motifs is 1. The van der Waals surface area contributed by atoms with Crippen LogP contribution in [0.4, 0.5) is 5.69 Å². The number of amides is 1. The smallest absolute Gasteiger partial charge is 0.344 e. The molecule has 1 heterocycles. The van der Waals surface area contributed by atoms with Gasteiger partial charge in [0, 0.05) is 11.1 Å². The van der Waals surface area contributed by atoms with Gasteiger partial charge in [0.1, 0.15) is 11.3 Å². The molecule has 5 heteroatoms. The lowest BCUT2D eigenvalue weighted by molar-refractivity contribution is -0.118. The van der Waals surface area contributed by atoms with Crippen LogP contribution in [0.1, 0.15) is 30.9 Å². The van der Waals surface area contributed by atoms with Gasteiger partial charge in [-0.15, -0.1) is 0 Å². The maximum atomic E-state index is 12.5. The van der Waals surface area contributed by atoms with E-state index in [0.29, 0.717) is 28.3 Å². The Hall–Kier alpha value is -3.86. The van der Waals surface area contributed by atoms with Crippen molar-refractivity contribution in [3.8, 4) is 16.9 Å². The third-order valence-corrected chi connectivity index (χ3v) is 5.25. The minimum Gasteiger partial charge on any atom is -0.483 e. The summed E-state index contributed by atoms with van der Waals surface area (Å²) in [6, 6.07) is 22.3. The van der Waals surface area contributed by atoms with Crippen LogP contribution >= 0.6 is 0 Å². The van der Waals surface area contributed by atoms with Gasteiger partial charge in [-0.2, -0.15) is 0 Å². The lowest BCUT2D eigenvalue weighted by Gasteiger charge is -2.15. The van der Waals surface area contributed by atoms with Crippen molar-refractivity contribution in [3.63, 3.8) is 0 Å². The standard InChI is InChI=1S/C27H25NO4/c1-17(2)22-12-11-18(3)13-25(22)31-16-26(29)28-21-9-6-8-19(14-21)23-15-20-7-4-5-10-24(20)32-27(23)30/h4-15,17H,16H2,1-3H3,(H,28,29). The molecule has 4 aromatic rings. The number of rotatable bonds is 6. The van der Waals surface area contributed by atoms with Crippen molar-refractivity contribution >= 4 is 22.6 Å². The van der Waals surface area contributed by atoms with E-state index >= 15 is 0 Å². The van der Waals surface area contributed by atoms with Gasteiger partial charge in [-0.25, -0.2) is 4.79 Å². The van der Waals surface area contributed by atoms with E-state index in [1.54, 1.807) is 30.3 Å². The van der Waals surface area contributed by atoms with Crippen molar-refractivity contribution in [3.05, 3.63) is 94.3 Å². The van der Waals surface area contributed by atoms with Gasteiger partial charge in [0.2, 0.25) is 0 Å². The highest BCUT2D eigenvalue weighted by Gasteiger charge is 2.12. The molecule has 32 heavy (non-hydrogen) atoms. The van der Waals surface area contributed by atoms with E-state index in [0.717, 1.165) is 22.3 Å². The number of hydrogen-bond donors (Lipinski definition) is 1. The molecule has 0 unspecified atom stereocenters. The number of carbonyl (C=O) groups excluding carboxylic acids is 1. The van der Waals surface area contributed by atoms with Gasteiger partial charge in [-0.1, -0.05) is 56.3 Å². The van der Waals surface area contributed by atoms with Crippen LogP contribution in [-0.4, -0.2) is 12.5 Å². The predicted octanol–water partition coefficient (Wildman–Crippen LogP) is 5.91. The fourth-order valence-corrected chi connectivity index (χ4v) is 3.61. The first-order valence-electron chi connectivity index (χ1n) is 10.6. The summed E-state index contributed by atoms with van der Waals surface area (Å²) in [4.78, 5) is 25.0. The fraction of sp³-hybridized carbons (Fsp3) is 0.185. The van der Waals surface area contributed by atoms with E-state index in [4.69, 9.17) is 9.15 Å². The van der Waals surface area contributed by atoms with Crippen LogP contribution in [0.25, 0.3) is 22.1 Å². The Bertz CT molecular complexity index is 1340. The van der Waals surface area contributed by atoms with Crippen molar-refractivity contribution in [2.75, 3.05) is 11.9 Å². The Kier molecular flexibility index (Phi) is 6.08. The highest BCUT2D eigenvalue weighted by Crippen LogP contribution is 2.28. The molecule has 0 radical (unpaired) electrons. The van der Waals surface area contributed by atoms with Crippen LogP contribution in [-0.2, 0) is 4.79 Å². The highest BCUT2D eigenvalue weighted by molar-refractivity contribution is 5.93. The van der Waals surface area contributed by atoms with Gasteiger partial charge < -0.3 is 14.5 Å². The van der Waals surface area contributed by atoms with Crippen LogP contribution in [0.5, 0.6) is 5.75 Å². The van der Waals surface area contributed by atoms with Crippen molar-refractivity contribution in [1.29, 1.82) is 0 Å². The van der Waals surface area contributed by atoms with E-state index in [1.165, 1.54) is 0 Å². The third-order valence-electron chi connectivity index (χ3n) is 5.25. The van der Waals surface area contributed by atoms with Crippen LogP contribution < -0.4 is 15.7 Å². The summed E-state index contributed by atoms with van der Waals surface area (Å²) in [6.07, 6.45) is 0. The number of benzene rings is 3. The monoisotopic (exact) mass is 427 g/mol. The van der Waals surface area contributed by atoms with E-state index < -0.39 is 5.63 Å². The second kappa shape index (κ2) is 9.10. The summed E-state index contributed by atoms with van der Waals surface area (Å²) in [5, 5.41) is 3.68. The first-order valence-corrected chi connectivity index (χ1v) is 10.6. The fourth-order valence-electron chi connectivity index (χ4n) is 3.61. The SMILES string of the molecule is Cc1ccc(C(C)C)c(OCC(=O)Nc2cccc(-c3cc4ccccc4oc3=O)c2)c1. The van der Waals surface area contributed by atoms with Crippen LogP contribution in [0, 0.1) is 6.92 Å². The van der Waals surface area contributed by atoms with Gasteiger partial charge in [-0.3, -0.25) is 4.79 Å². The quantitative estimate of drug-likeness (QED) is 0.389. The molecular formula is C27H25NO4. The Balaban J connectivity index is 1.50. The number of ether oxygens (including phenoxy) is 1. The van der Waals surface area contributed by atoms with Gasteiger partial charge >= 0.3 is 5.63 Å². The summed E-state index contributed by atoms with van der Waals surface area (Å²) in [5.74, 6) is 0.737. The lowest BCUT2D eigenvalue weighted by Crippen LogP contribution is -2.20. The maximum absolute atomic E-state index is 12.5. The Morgan fingerprint density at radius 1 is 1.00 bits per heavy atom. The molecule has 1 amide bonds. The number of nitrogens with one attached hydrogen (secondary N) is 1. The molecule has 0 aliphatic heterocycles. The van der Waals surface area contributed by atoms with E-state index in [1.807, 2.05) is 49.4 Å². The van der Waals surface area contributed by atoms with Crippen LogP contribution in [0.15, 0.2) is 82.0 Å². The van der Waals surface area contributed by atoms with Crippen molar-refractivity contribution in [2.24, 2.45) is 0 Å². The molecule has 1 N–H and O–H groups in total. The summed E-state index contributed by atoms with van der Waals surface area (Å²) >= 11 is 0. The molecule has 5 nitrogen and oxygen atoms in total. The van der Waals surface area contributed by atoms with Gasteiger partial charge in [0.25, 0.3) is 5.91 Å². The van der Waals surface area contributed by atoms with E-state index in [9.17, 15) is 9.59 Å². The molecule has 0 atom stereocenters. The van der Waals surface area contributed by atoms with E-state index in [-0.39, 0.29) is 12.5 Å². The second-order valence-corrected chi connectivity index (χ2v) is 8.10. The van der Waals surface area contributed by atoms with Gasteiger partial charge in [0.05, 0.1) is 5.56 Å². The van der Waals surface area contributed by atoms with Gasteiger partial charge in [-0.05, 0) is 59.9 Å². The first kappa shape index (κ1) is 21.4. The number of aryl methyl sites for hydroxylation is 1. The number of hydrogen-bond acceptors (Lipinski definition) is 4. The maximum Gasteiger partial charge on any atom is 0.344 e. The zero-order valence-electron chi connectivity index (χ0n) is 18.3. The average molecular weight is 428 g/mol. The predicted molar refractivity (Wildman–Crippen MR) is 127 cm³/mol. The molecule has 0 fully saturated rings. The second-order valence-electron chi connectivity index (χ2n) is 8.10.